The van der Waals surface area contributed by atoms with Gasteiger partial charge in [-0.15, -0.1) is 0 Å². The van der Waals surface area contributed by atoms with E-state index in [9.17, 15) is 18.0 Å². The third-order valence-electron chi connectivity index (χ3n) is 3.43. The van der Waals surface area contributed by atoms with Crippen LogP contribution in [0.4, 0.5) is 18.9 Å². The average molecular weight is 307 g/mol. The lowest BCUT2D eigenvalue weighted by Gasteiger charge is -2.24. The number of para-hydroxylation sites is 1. The molecule has 0 radical (unpaired) electrons. The van der Waals surface area contributed by atoms with Crippen LogP contribution in [-0.2, 0) is 11.0 Å². The van der Waals surface area contributed by atoms with Crippen LogP contribution in [0.2, 0.25) is 5.02 Å². The molecule has 1 atom stereocenters. The molecule has 1 fully saturated rings. The maximum absolute atomic E-state index is 12.9. The van der Waals surface area contributed by atoms with Gasteiger partial charge in [0.05, 0.1) is 21.8 Å². The summed E-state index contributed by atoms with van der Waals surface area (Å²) in [4.78, 5) is 12.2. The van der Waals surface area contributed by atoms with Crippen LogP contribution in [0.25, 0.3) is 0 Å². The van der Waals surface area contributed by atoms with E-state index in [1.807, 2.05) is 0 Å². The van der Waals surface area contributed by atoms with Gasteiger partial charge in [-0.25, -0.2) is 0 Å². The van der Waals surface area contributed by atoms with Crippen molar-refractivity contribution in [1.82, 2.24) is 5.32 Å². The molecule has 0 spiro atoms. The van der Waals surface area contributed by atoms with Crippen molar-refractivity contribution in [3.05, 3.63) is 28.8 Å². The molecular formula is C13H14ClF3N2O. The van der Waals surface area contributed by atoms with Gasteiger partial charge in [0, 0.05) is 0 Å². The van der Waals surface area contributed by atoms with Gasteiger partial charge in [0.25, 0.3) is 0 Å². The van der Waals surface area contributed by atoms with Crippen molar-refractivity contribution in [3.8, 4) is 0 Å². The number of carbonyl (C=O) groups excluding carboxylic acids is 1. The van der Waals surface area contributed by atoms with Crippen molar-refractivity contribution in [1.29, 1.82) is 0 Å². The van der Waals surface area contributed by atoms with Crippen molar-refractivity contribution in [2.75, 3.05) is 11.9 Å². The van der Waals surface area contributed by atoms with E-state index in [2.05, 4.69) is 10.6 Å². The Morgan fingerprint density at radius 2 is 2.15 bits per heavy atom. The zero-order valence-electron chi connectivity index (χ0n) is 10.8. The predicted molar refractivity (Wildman–Crippen MR) is 70.7 cm³/mol. The molecule has 0 aromatic heterocycles. The fourth-order valence-corrected chi connectivity index (χ4v) is 2.45. The van der Waals surface area contributed by atoms with E-state index in [1.54, 1.807) is 6.92 Å². The van der Waals surface area contributed by atoms with Gasteiger partial charge < -0.3 is 10.6 Å². The first kappa shape index (κ1) is 15.1. The summed E-state index contributed by atoms with van der Waals surface area (Å²) in [5.41, 5.74) is -2.19. The summed E-state index contributed by atoms with van der Waals surface area (Å²) < 4.78 is 38.8. The second-order valence-electron chi connectivity index (χ2n) is 4.98. The number of amides is 1. The zero-order valence-corrected chi connectivity index (χ0v) is 11.5. The number of benzene rings is 1. The van der Waals surface area contributed by atoms with Crippen LogP contribution >= 0.6 is 11.6 Å². The monoisotopic (exact) mass is 306 g/mol. The first-order valence-corrected chi connectivity index (χ1v) is 6.54. The van der Waals surface area contributed by atoms with Crippen molar-refractivity contribution < 1.29 is 18.0 Å². The van der Waals surface area contributed by atoms with Crippen LogP contribution in [0.3, 0.4) is 0 Å². The number of anilines is 1. The number of nitrogens with one attached hydrogen (secondary N) is 2. The maximum atomic E-state index is 12.9. The number of hydrogen-bond donors (Lipinski definition) is 2. The highest BCUT2D eigenvalue weighted by molar-refractivity contribution is 6.34. The number of alkyl halides is 3. The van der Waals surface area contributed by atoms with E-state index in [4.69, 9.17) is 11.6 Å². The Hall–Kier alpha value is -1.27. The first-order valence-electron chi connectivity index (χ1n) is 6.16. The zero-order chi connectivity index (χ0) is 15.0. The van der Waals surface area contributed by atoms with E-state index in [0.717, 1.165) is 12.5 Å². The Morgan fingerprint density at radius 1 is 1.45 bits per heavy atom. The molecule has 1 aliphatic heterocycles. The maximum Gasteiger partial charge on any atom is 0.418 e. The molecule has 2 rings (SSSR count). The fraction of sp³-hybridized carbons (Fsp3) is 0.462. The summed E-state index contributed by atoms with van der Waals surface area (Å²) in [5.74, 6) is -0.506. The van der Waals surface area contributed by atoms with Crippen LogP contribution in [-0.4, -0.2) is 18.0 Å². The van der Waals surface area contributed by atoms with E-state index in [1.165, 1.54) is 12.1 Å². The Labute approximate surface area is 119 Å². The lowest BCUT2D eigenvalue weighted by atomic mass is 9.99. The van der Waals surface area contributed by atoms with E-state index in [-0.39, 0.29) is 10.7 Å². The number of halogens is 4. The Balaban J connectivity index is 2.32. The molecule has 0 bridgehead atoms. The van der Waals surface area contributed by atoms with Crippen molar-refractivity contribution in [2.45, 2.75) is 31.5 Å². The lowest BCUT2D eigenvalue weighted by molar-refractivity contribution is -0.137. The molecular weight excluding hydrogens is 293 g/mol. The third kappa shape index (κ3) is 2.91. The van der Waals surface area contributed by atoms with Crippen molar-refractivity contribution in [2.24, 2.45) is 0 Å². The third-order valence-corrected chi connectivity index (χ3v) is 3.74. The summed E-state index contributed by atoms with van der Waals surface area (Å²) >= 11 is 5.80. The Morgan fingerprint density at radius 3 is 2.70 bits per heavy atom. The number of carbonyl (C=O) groups is 1. The number of hydrogen-bond acceptors (Lipinski definition) is 2. The van der Waals surface area contributed by atoms with Gasteiger partial charge in [0.15, 0.2) is 0 Å². The largest absolute Gasteiger partial charge is 0.418 e. The Bertz CT molecular complexity index is 525. The second kappa shape index (κ2) is 5.26. The topological polar surface area (TPSA) is 41.1 Å². The van der Waals surface area contributed by atoms with Crippen LogP contribution in [0.1, 0.15) is 25.3 Å². The average Bonchev–Trinajstić information content (AvgIpc) is 2.78. The summed E-state index contributed by atoms with van der Waals surface area (Å²) in [6, 6.07) is 3.42. The van der Waals surface area contributed by atoms with Gasteiger partial charge in [-0.05, 0) is 38.4 Å². The Kier molecular flexibility index (Phi) is 3.97. The molecule has 7 heteroatoms. The van der Waals surface area contributed by atoms with Gasteiger partial charge in [-0.1, -0.05) is 17.7 Å². The van der Waals surface area contributed by atoms with Crippen LogP contribution in [0.15, 0.2) is 18.2 Å². The molecule has 2 N–H and O–H groups in total. The molecule has 20 heavy (non-hydrogen) atoms. The summed E-state index contributed by atoms with van der Waals surface area (Å²) in [6.07, 6.45) is -3.19. The van der Waals surface area contributed by atoms with Crippen LogP contribution in [0.5, 0.6) is 0 Å². The molecule has 1 aromatic rings. The highest BCUT2D eigenvalue weighted by Crippen LogP contribution is 2.39. The summed E-state index contributed by atoms with van der Waals surface area (Å²) in [5, 5.41) is 5.18. The van der Waals surface area contributed by atoms with Crippen LogP contribution in [0, 0.1) is 0 Å². The van der Waals surface area contributed by atoms with Gasteiger partial charge in [0.2, 0.25) is 5.91 Å². The SMILES string of the molecule is CC1(C(=O)Nc2c(Cl)cccc2C(F)(F)F)CCCN1. The molecule has 1 saturated heterocycles. The summed E-state index contributed by atoms with van der Waals surface area (Å²) in [6.45, 7) is 2.33. The van der Waals surface area contributed by atoms with Crippen molar-refractivity contribution >= 4 is 23.2 Å². The molecule has 1 heterocycles. The van der Waals surface area contributed by atoms with Crippen LogP contribution < -0.4 is 10.6 Å². The smallest absolute Gasteiger partial charge is 0.323 e. The molecule has 0 aliphatic carbocycles. The van der Waals surface area contributed by atoms with E-state index < -0.39 is 23.2 Å². The standard InChI is InChI=1S/C13H14ClF3N2O/c1-12(6-3-7-18-12)11(20)19-10-8(13(15,16)17)4-2-5-9(10)14/h2,4-5,18H,3,6-7H2,1H3,(H,19,20). The normalized spacial score (nSPS) is 22.9. The van der Waals surface area contributed by atoms with Crippen molar-refractivity contribution in [3.63, 3.8) is 0 Å². The molecule has 110 valence electrons. The molecule has 1 unspecified atom stereocenters. The van der Waals surface area contributed by atoms with Gasteiger partial charge in [0.1, 0.15) is 0 Å². The fourth-order valence-electron chi connectivity index (χ4n) is 2.23. The second-order valence-corrected chi connectivity index (χ2v) is 5.38. The highest BCUT2D eigenvalue weighted by Gasteiger charge is 2.39. The molecule has 0 saturated carbocycles. The minimum atomic E-state index is -4.57. The minimum absolute atomic E-state index is 0.130. The summed E-state index contributed by atoms with van der Waals surface area (Å²) in [7, 11) is 0. The molecule has 1 aliphatic rings. The van der Waals surface area contributed by atoms with E-state index >= 15 is 0 Å². The first-order chi connectivity index (χ1) is 9.24. The predicted octanol–water partition coefficient (Wildman–Crippen LogP) is 3.44. The molecule has 1 amide bonds. The molecule has 3 nitrogen and oxygen atoms in total. The van der Waals surface area contributed by atoms with Gasteiger partial charge >= 0.3 is 6.18 Å². The van der Waals surface area contributed by atoms with Gasteiger partial charge in [-0.2, -0.15) is 13.2 Å². The quantitative estimate of drug-likeness (QED) is 0.879. The molecule has 1 aromatic carbocycles. The van der Waals surface area contributed by atoms with Gasteiger partial charge in [-0.3, -0.25) is 4.79 Å². The highest BCUT2D eigenvalue weighted by atomic mass is 35.5. The lowest BCUT2D eigenvalue weighted by Crippen LogP contribution is -2.48. The minimum Gasteiger partial charge on any atom is -0.323 e. The number of rotatable bonds is 2. The van der Waals surface area contributed by atoms with E-state index in [0.29, 0.717) is 13.0 Å².